The summed E-state index contributed by atoms with van der Waals surface area (Å²) in [5.74, 6) is 0.295. The second-order valence-electron chi connectivity index (χ2n) is 4.24. The second-order valence-corrected chi connectivity index (χ2v) is 4.24. The molecule has 0 fully saturated rings. The van der Waals surface area contributed by atoms with Crippen LogP contribution in [0.3, 0.4) is 0 Å². The third-order valence-corrected chi connectivity index (χ3v) is 2.78. The minimum absolute atomic E-state index is 0.0140. The van der Waals surface area contributed by atoms with Crippen molar-refractivity contribution in [1.29, 1.82) is 0 Å². The zero-order valence-electron chi connectivity index (χ0n) is 11.4. The highest BCUT2D eigenvalue weighted by atomic mass is 16.6. The monoisotopic (exact) mass is 267 g/mol. The predicted octanol–water partition coefficient (Wildman–Crippen LogP) is 2.53. The lowest BCUT2D eigenvalue weighted by Gasteiger charge is -2.17. The zero-order valence-corrected chi connectivity index (χ0v) is 11.4. The minimum Gasteiger partial charge on any atom is -0.487 e. The molecule has 0 aromatic heterocycles. The van der Waals surface area contributed by atoms with Gasteiger partial charge in [-0.2, -0.15) is 0 Å². The van der Waals surface area contributed by atoms with Crippen molar-refractivity contribution in [2.24, 2.45) is 5.73 Å². The molecule has 1 unspecified atom stereocenters. The van der Waals surface area contributed by atoms with Gasteiger partial charge in [0.15, 0.2) is 5.75 Å². The summed E-state index contributed by atoms with van der Waals surface area (Å²) in [7, 11) is 0. The van der Waals surface area contributed by atoms with Crippen molar-refractivity contribution in [2.45, 2.75) is 32.7 Å². The maximum absolute atomic E-state index is 11.2. The van der Waals surface area contributed by atoms with Crippen LogP contribution in [0.4, 0.5) is 11.4 Å². The summed E-state index contributed by atoms with van der Waals surface area (Å²) in [6.45, 7) is 4.81. The van der Waals surface area contributed by atoms with Crippen LogP contribution in [0.25, 0.3) is 0 Å². The van der Waals surface area contributed by atoms with E-state index in [2.05, 4.69) is 5.32 Å². The van der Waals surface area contributed by atoms with Gasteiger partial charge in [-0.05, 0) is 25.0 Å². The fourth-order valence-corrected chi connectivity index (χ4v) is 1.70. The molecule has 0 saturated heterocycles. The number of nitrogens with two attached hydrogens (primary N) is 1. The number of hydrogen-bond acceptors (Lipinski definition) is 5. The van der Waals surface area contributed by atoms with Gasteiger partial charge in [0.25, 0.3) is 0 Å². The van der Waals surface area contributed by atoms with Crippen LogP contribution in [-0.2, 0) is 0 Å². The molecule has 0 bridgehead atoms. The van der Waals surface area contributed by atoms with E-state index >= 15 is 0 Å². The molecular formula is C13H21N3O3. The minimum atomic E-state index is -0.420. The third kappa shape index (κ3) is 4.10. The molecule has 0 radical (unpaired) electrons. The molecule has 0 aliphatic rings. The molecule has 1 atom stereocenters. The number of nitro groups is 1. The number of rotatable bonds is 8. The molecule has 6 nitrogen and oxygen atoms in total. The predicted molar refractivity (Wildman–Crippen MR) is 75.6 cm³/mol. The Bertz CT molecular complexity index is 420. The quantitative estimate of drug-likeness (QED) is 0.558. The Hall–Kier alpha value is -1.82. The Morgan fingerprint density at radius 1 is 1.47 bits per heavy atom. The van der Waals surface area contributed by atoms with E-state index in [1.807, 2.05) is 13.8 Å². The van der Waals surface area contributed by atoms with Crippen LogP contribution < -0.4 is 15.8 Å². The molecule has 0 amide bonds. The van der Waals surface area contributed by atoms with Crippen molar-refractivity contribution in [3.8, 4) is 5.75 Å². The van der Waals surface area contributed by atoms with Crippen molar-refractivity contribution in [3.63, 3.8) is 0 Å². The molecule has 0 spiro atoms. The van der Waals surface area contributed by atoms with Crippen molar-refractivity contribution < 1.29 is 9.66 Å². The number of hydrogen-bond donors (Lipinski definition) is 2. The fourth-order valence-electron chi connectivity index (χ4n) is 1.70. The number of anilines is 1. The average Bonchev–Trinajstić information content (AvgIpc) is 2.42. The summed E-state index contributed by atoms with van der Waals surface area (Å²) in [4.78, 5) is 10.8. The Morgan fingerprint density at radius 3 is 2.74 bits per heavy atom. The van der Waals surface area contributed by atoms with Crippen molar-refractivity contribution in [3.05, 3.63) is 28.3 Å². The summed E-state index contributed by atoms with van der Waals surface area (Å²) < 4.78 is 5.42. The highest BCUT2D eigenvalue weighted by Gasteiger charge is 2.22. The topological polar surface area (TPSA) is 90.4 Å². The Balaban J connectivity index is 3.05. The van der Waals surface area contributed by atoms with Gasteiger partial charge in [-0.1, -0.05) is 19.9 Å². The molecule has 19 heavy (non-hydrogen) atoms. The van der Waals surface area contributed by atoms with E-state index in [0.29, 0.717) is 24.6 Å². The largest absolute Gasteiger partial charge is 0.487 e. The third-order valence-electron chi connectivity index (χ3n) is 2.78. The van der Waals surface area contributed by atoms with Gasteiger partial charge in [-0.15, -0.1) is 0 Å². The van der Waals surface area contributed by atoms with Crippen LogP contribution >= 0.6 is 0 Å². The first kappa shape index (κ1) is 15.2. The van der Waals surface area contributed by atoms with Crippen LogP contribution in [0, 0.1) is 10.1 Å². The first-order chi connectivity index (χ1) is 9.13. The maximum Gasteiger partial charge on any atom is 0.333 e. The van der Waals surface area contributed by atoms with E-state index in [1.54, 1.807) is 18.2 Å². The van der Waals surface area contributed by atoms with Crippen molar-refractivity contribution in [1.82, 2.24) is 0 Å². The lowest BCUT2D eigenvalue weighted by molar-refractivity contribution is -0.385. The van der Waals surface area contributed by atoms with E-state index in [-0.39, 0.29) is 11.7 Å². The van der Waals surface area contributed by atoms with E-state index in [1.165, 1.54) is 0 Å². The van der Waals surface area contributed by atoms with Gasteiger partial charge >= 0.3 is 5.69 Å². The molecule has 1 aromatic rings. The van der Waals surface area contributed by atoms with Gasteiger partial charge in [-0.3, -0.25) is 10.1 Å². The van der Waals surface area contributed by atoms with Gasteiger partial charge in [0.2, 0.25) is 0 Å². The Morgan fingerprint density at radius 2 is 2.21 bits per heavy atom. The standard InChI is InChI=1S/C13H21N3O3/c1-3-8-19-12-7-5-6-11(13(12)16(17)18)15-10(4-2)9-14/h5-7,10,15H,3-4,8-9,14H2,1-2H3. The Labute approximate surface area is 113 Å². The van der Waals surface area contributed by atoms with Crippen LogP contribution in [0.5, 0.6) is 5.75 Å². The first-order valence-corrected chi connectivity index (χ1v) is 6.50. The summed E-state index contributed by atoms with van der Waals surface area (Å²) in [5, 5.41) is 14.3. The van der Waals surface area contributed by atoms with Gasteiger partial charge in [-0.25, -0.2) is 0 Å². The van der Waals surface area contributed by atoms with Crippen LogP contribution in [-0.4, -0.2) is 24.1 Å². The highest BCUT2D eigenvalue weighted by molar-refractivity contribution is 5.68. The van der Waals surface area contributed by atoms with E-state index in [0.717, 1.165) is 12.8 Å². The first-order valence-electron chi connectivity index (χ1n) is 6.50. The molecule has 1 aromatic carbocycles. The normalized spacial score (nSPS) is 11.9. The molecular weight excluding hydrogens is 246 g/mol. The van der Waals surface area contributed by atoms with Crippen LogP contribution in [0.1, 0.15) is 26.7 Å². The fraction of sp³-hybridized carbons (Fsp3) is 0.538. The van der Waals surface area contributed by atoms with Crippen molar-refractivity contribution in [2.75, 3.05) is 18.5 Å². The zero-order chi connectivity index (χ0) is 14.3. The molecule has 0 aliphatic heterocycles. The lowest BCUT2D eigenvalue weighted by atomic mass is 10.2. The van der Waals surface area contributed by atoms with Gasteiger partial charge in [0, 0.05) is 12.6 Å². The lowest BCUT2D eigenvalue weighted by Crippen LogP contribution is -2.28. The molecule has 6 heteroatoms. The highest BCUT2D eigenvalue weighted by Crippen LogP contribution is 2.35. The molecule has 3 N–H and O–H groups in total. The van der Waals surface area contributed by atoms with Crippen molar-refractivity contribution >= 4 is 11.4 Å². The molecule has 106 valence electrons. The van der Waals surface area contributed by atoms with Crippen LogP contribution in [0.15, 0.2) is 18.2 Å². The second kappa shape index (κ2) is 7.58. The molecule has 0 aliphatic carbocycles. The van der Waals surface area contributed by atoms with Gasteiger partial charge < -0.3 is 15.8 Å². The molecule has 0 saturated carbocycles. The Kier molecular flexibility index (Phi) is 6.08. The molecule has 0 heterocycles. The number of nitro benzene ring substituents is 1. The van der Waals surface area contributed by atoms with E-state index in [4.69, 9.17) is 10.5 Å². The molecule has 1 rings (SSSR count). The van der Waals surface area contributed by atoms with Gasteiger partial charge in [0.05, 0.1) is 11.5 Å². The maximum atomic E-state index is 11.2. The van der Waals surface area contributed by atoms with E-state index in [9.17, 15) is 10.1 Å². The smallest absolute Gasteiger partial charge is 0.333 e. The summed E-state index contributed by atoms with van der Waals surface area (Å²) in [6, 6.07) is 5.04. The average molecular weight is 267 g/mol. The summed E-state index contributed by atoms with van der Waals surface area (Å²) in [6.07, 6.45) is 1.60. The van der Waals surface area contributed by atoms with E-state index < -0.39 is 4.92 Å². The number of nitrogens with zero attached hydrogens (tertiary/aromatic N) is 1. The summed E-state index contributed by atoms with van der Waals surface area (Å²) >= 11 is 0. The summed E-state index contributed by atoms with van der Waals surface area (Å²) in [5.41, 5.74) is 6.04. The van der Waals surface area contributed by atoms with Crippen LogP contribution in [0.2, 0.25) is 0 Å². The number of ether oxygens (including phenoxy) is 1. The number of nitrogens with one attached hydrogen (secondary N) is 1. The number of para-hydroxylation sites is 1. The number of benzene rings is 1. The van der Waals surface area contributed by atoms with Gasteiger partial charge in [0.1, 0.15) is 5.69 Å². The SMILES string of the molecule is CCCOc1cccc(NC(CC)CN)c1[N+](=O)[O-].